The Morgan fingerprint density at radius 2 is 2.06 bits per heavy atom. The molecule has 0 aliphatic carbocycles. The van der Waals surface area contributed by atoms with Gasteiger partial charge in [-0.3, -0.25) is 10.1 Å². The number of nitro benzene ring substituents is 1. The molecule has 0 saturated heterocycles. The first-order valence-corrected chi connectivity index (χ1v) is 6.79. The largest absolute Gasteiger partial charge is 0.383 e. The van der Waals surface area contributed by atoms with Crippen LogP contribution in [0.5, 0.6) is 0 Å². The second-order valence-electron chi connectivity index (χ2n) is 3.70. The molecule has 0 bridgehead atoms. The highest BCUT2D eigenvalue weighted by Crippen LogP contribution is 2.21. The van der Waals surface area contributed by atoms with Crippen LogP contribution in [0.1, 0.15) is 6.42 Å². The van der Waals surface area contributed by atoms with Crippen LogP contribution in [0, 0.1) is 10.1 Å². The Labute approximate surface area is 111 Å². The van der Waals surface area contributed by atoms with E-state index in [1.165, 1.54) is 0 Å². The second kappa shape index (κ2) is 8.91. The summed E-state index contributed by atoms with van der Waals surface area (Å²) in [6.07, 6.45) is 1.06. The summed E-state index contributed by atoms with van der Waals surface area (Å²) in [6, 6.07) is 6.67. The van der Waals surface area contributed by atoms with Gasteiger partial charge in [0.15, 0.2) is 0 Å². The number of hydrogen-bond donors (Lipinski definition) is 1. The topological polar surface area (TPSA) is 64.4 Å². The lowest BCUT2D eigenvalue weighted by Crippen LogP contribution is -2.20. The SMILES string of the molecule is COCCNCCCSc1ccc([N+](=O)[O-])cc1. The minimum absolute atomic E-state index is 0.139. The van der Waals surface area contributed by atoms with E-state index < -0.39 is 0 Å². The zero-order valence-electron chi connectivity index (χ0n) is 10.4. The molecule has 0 saturated carbocycles. The number of nitrogens with zero attached hydrogens (tertiary/aromatic N) is 1. The molecule has 1 rings (SSSR count). The molecule has 5 nitrogen and oxygen atoms in total. The molecule has 1 N–H and O–H groups in total. The Balaban J connectivity index is 2.14. The van der Waals surface area contributed by atoms with Crippen LogP contribution in [0.3, 0.4) is 0 Å². The monoisotopic (exact) mass is 270 g/mol. The van der Waals surface area contributed by atoms with Gasteiger partial charge in [-0.05, 0) is 30.9 Å². The van der Waals surface area contributed by atoms with E-state index in [-0.39, 0.29) is 10.6 Å². The van der Waals surface area contributed by atoms with E-state index in [0.29, 0.717) is 0 Å². The summed E-state index contributed by atoms with van der Waals surface area (Å²) in [5.74, 6) is 0.998. The van der Waals surface area contributed by atoms with Crippen molar-refractivity contribution in [2.24, 2.45) is 0 Å². The first-order valence-electron chi connectivity index (χ1n) is 5.81. The van der Waals surface area contributed by atoms with Gasteiger partial charge in [0.25, 0.3) is 5.69 Å². The molecule has 0 aromatic heterocycles. The van der Waals surface area contributed by atoms with Gasteiger partial charge in [-0.2, -0.15) is 0 Å². The zero-order chi connectivity index (χ0) is 13.2. The fourth-order valence-corrected chi connectivity index (χ4v) is 2.20. The van der Waals surface area contributed by atoms with E-state index in [2.05, 4.69) is 5.32 Å². The normalized spacial score (nSPS) is 10.5. The molecule has 0 aliphatic rings. The van der Waals surface area contributed by atoms with Gasteiger partial charge >= 0.3 is 0 Å². The van der Waals surface area contributed by atoms with Gasteiger partial charge in [-0.1, -0.05) is 0 Å². The van der Waals surface area contributed by atoms with Crippen LogP contribution in [-0.4, -0.2) is 37.5 Å². The van der Waals surface area contributed by atoms with Gasteiger partial charge in [0.1, 0.15) is 0 Å². The van der Waals surface area contributed by atoms with Crippen molar-refractivity contribution >= 4 is 17.4 Å². The third-order valence-electron chi connectivity index (χ3n) is 2.30. The average Bonchev–Trinajstić information content (AvgIpc) is 2.38. The summed E-state index contributed by atoms with van der Waals surface area (Å²) in [5.41, 5.74) is 0.139. The lowest BCUT2D eigenvalue weighted by molar-refractivity contribution is -0.384. The third-order valence-corrected chi connectivity index (χ3v) is 3.40. The number of benzene rings is 1. The number of nitro groups is 1. The van der Waals surface area contributed by atoms with Crippen LogP contribution in [0.2, 0.25) is 0 Å². The molecule has 0 fully saturated rings. The highest BCUT2D eigenvalue weighted by Gasteiger charge is 2.03. The molecule has 0 radical (unpaired) electrons. The second-order valence-corrected chi connectivity index (χ2v) is 4.86. The zero-order valence-corrected chi connectivity index (χ0v) is 11.2. The van der Waals surface area contributed by atoms with Gasteiger partial charge in [-0.25, -0.2) is 0 Å². The predicted molar refractivity (Wildman–Crippen MR) is 73.2 cm³/mol. The standard InChI is InChI=1S/C12H18N2O3S/c1-17-9-8-13-7-2-10-18-12-5-3-11(4-6-12)14(15)16/h3-6,13H,2,7-10H2,1H3. The molecular formula is C12H18N2O3S. The number of non-ortho nitro benzene ring substituents is 1. The van der Waals surface area contributed by atoms with Crippen LogP contribution < -0.4 is 5.32 Å². The average molecular weight is 270 g/mol. The molecule has 0 unspecified atom stereocenters. The third kappa shape index (κ3) is 6.00. The van der Waals surface area contributed by atoms with Gasteiger partial charge < -0.3 is 10.1 Å². The molecule has 1 aromatic carbocycles. The fraction of sp³-hybridized carbons (Fsp3) is 0.500. The lowest BCUT2D eigenvalue weighted by atomic mass is 10.3. The van der Waals surface area contributed by atoms with Crippen molar-refractivity contribution in [1.29, 1.82) is 0 Å². The molecule has 0 amide bonds. The van der Waals surface area contributed by atoms with E-state index in [1.807, 2.05) is 0 Å². The Morgan fingerprint density at radius 3 is 2.67 bits per heavy atom. The molecule has 100 valence electrons. The molecule has 0 atom stereocenters. The molecule has 6 heteroatoms. The quantitative estimate of drug-likeness (QED) is 0.323. The Morgan fingerprint density at radius 1 is 1.33 bits per heavy atom. The molecule has 0 aliphatic heterocycles. The van der Waals surface area contributed by atoms with Crippen LogP contribution in [0.15, 0.2) is 29.2 Å². The Hall–Kier alpha value is -1.11. The van der Waals surface area contributed by atoms with E-state index in [9.17, 15) is 10.1 Å². The smallest absolute Gasteiger partial charge is 0.269 e. The number of ether oxygens (including phenoxy) is 1. The molecular weight excluding hydrogens is 252 g/mol. The van der Waals surface area contributed by atoms with Crippen LogP contribution >= 0.6 is 11.8 Å². The first-order chi connectivity index (χ1) is 8.74. The summed E-state index contributed by atoms with van der Waals surface area (Å²) in [4.78, 5) is 11.2. The van der Waals surface area contributed by atoms with Crippen LogP contribution in [0.25, 0.3) is 0 Å². The molecule has 18 heavy (non-hydrogen) atoms. The number of methoxy groups -OCH3 is 1. The summed E-state index contributed by atoms with van der Waals surface area (Å²) < 4.78 is 4.93. The lowest BCUT2D eigenvalue weighted by Gasteiger charge is -2.04. The molecule has 0 heterocycles. The fourth-order valence-electron chi connectivity index (χ4n) is 1.35. The van der Waals surface area contributed by atoms with E-state index >= 15 is 0 Å². The maximum Gasteiger partial charge on any atom is 0.269 e. The molecule has 1 aromatic rings. The first kappa shape index (κ1) is 14.9. The number of thioether (sulfide) groups is 1. The van der Waals surface area contributed by atoms with Gasteiger partial charge in [0.2, 0.25) is 0 Å². The van der Waals surface area contributed by atoms with Crippen molar-refractivity contribution in [1.82, 2.24) is 5.32 Å². The number of rotatable bonds is 9. The van der Waals surface area contributed by atoms with Crippen molar-refractivity contribution in [3.63, 3.8) is 0 Å². The van der Waals surface area contributed by atoms with Crippen molar-refractivity contribution in [2.45, 2.75) is 11.3 Å². The highest BCUT2D eigenvalue weighted by molar-refractivity contribution is 7.99. The van der Waals surface area contributed by atoms with E-state index in [4.69, 9.17) is 4.74 Å². The van der Waals surface area contributed by atoms with E-state index in [0.717, 1.165) is 36.8 Å². The van der Waals surface area contributed by atoms with Crippen molar-refractivity contribution in [3.05, 3.63) is 34.4 Å². The van der Waals surface area contributed by atoms with Gasteiger partial charge in [0, 0.05) is 30.7 Å². The number of nitrogens with one attached hydrogen (secondary N) is 1. The highest BCUT2D eigenvalue weighted by atomic mass is 32.2. The van der Waals surface area contributed by atoms with Crippen molar-refractivity contribution in [2.75, 3.05) is 32.6 Å². The van der Waals surface area contributed by atoms with Crippen molar-refractivity contribution < 1.29 is 9.66 Å². The Kier molecular flexibility index (Phi) is 7.40. The summed E-state index contributed by atoms with van der Waals surface area (Å²) in [7, 11) is 1.69. The maximum atomic E-state index is 10.5. The van der Waals surface area contributed by atoms with Gasteiger partial charge in [0.05, 0.1) is 11.5 Å². The van der Waals surface area contributed by atoms with Crippen LogP contribution in [-0.2, 0) is 4.74 Å². The predicted octanol–water partition coefficient (Wildman–Crippen LogP) is 2.31. The van der Waals surface area contributed by atoms with E-state index in [1.54, 1.807) is 43.1 Å². The number of hydrogen-bond acceptors (Lipinski definition) is 5. The summed E-state index contributed by atoms with van der Waals surface area (Å²) in [5, 5.41) is 13.7. The maximum absolute atomic E-state index is 10.5. The van der Waals surface area contributed by atoms with Crippen LogP contribution in [0.4, 0.5) is 5.69 Å². The minimum Gasteiger partial charge on any atom is -0.383 e. The molecule has 0 spiro atoms. The minimum atomic E-state index is -0.381. The summed E-state index contributed by atoms with van der Waals surface area (Å²) in [6.45, 7) is 2.57. The van der Waals surface area contributed by atoms with Gasteiger partial charge in [-0.15, -0.1) is 11.8 Å². The Bertz CT molecular complexity index is 357. The van der Waals surface area contributed by atoms with Crippen molar-refractivity contribution in [3.8, 4) is 0 Å². The summed E-state index contributed by atoms with van der Waals surface area (Å²) >= 11 is 1.71.